The molecule has 0 radical (unpaired) electrons. The number of aromatic carboxylic acids is 2. The molecule has 8 nitrogen and oxygen atoms in total. The van der Waals surface area contributed by atoms with Gasteiger partial charge in [0.05, 0.1) is 11.4 Å². The highest BCUT2D eigenvalue weighted by Crippen LogP contribution is 2.22. The molecule has 0 fully saturated rings. The van der Waals surface area contributed by atoms with Crippen LogP contribution in [0.2, 0.25) is 0 Å². The smallest absolute Gasteiger partial charge is 0.358 e. The number of hydrogen-bond acceptors (Lipinski definition) is 5. The Labute approximate surface area is 112 Å². The fraction of sp³-hybridized carbons (Fsp3) is 0.167. The topological polar surface area (TPSA) is 126 Å². The van der Waals surface area contributed by atoms with Gasteiger partial charge in [-0.1, -0.05) is 12.1 Å². The first-order chi connectivity index (χ1) is 9.45. The summed E-state index contributed by atoms with van der Waals surface area (Å²) in [7, 11) is 0. The van der Waals surface area contributed by atoms with E-state index in [0.29, 0.717) is 17.8 Å². The second-order valence-corrected chi connectivity index (χ2v) is 3.96. The summed E-state index contributed by atoms with van der Waals surface area (Å²) in [6.45, 7) is 1.74. The molecular weight excluding hydrogens is 266 g/mol. The maximum atomic E-state index is 11.0. The highest BCUT2D eigenvalue weighted by atomic mass is 16.4. The lowest BCUT2D eigenvalue weighted by molar-refractivity contribution is 0.0680. The first-order valence-electron chi connectivity index (χ1n) is 5.70. The maximum Gasteiger partial charge on any atom is 0.358 e. The van der Waals surface area contributed by atoms with E-state index in [-0.39, 0.29) is 17.0 Å². The van der Waals surface area contributed by atoms with Gasteiger partial charge in [-0.3, -0.25) is 0 Å². The minimum Gasteiger partial charge on any atom is -0.507 e. The van der Waals surface area contributed by atoms with Crippen molar-refractivity contribution in [3.05, 3.63) is 35.2 Å². The zero-order valence-corrected chi connectivity index (χ0v) is 10.4. The molecule has 0 spiro atoms. The Hall–Kier alpha value is -2.90. The van der Waals surface area contributed by atoms with Crippen LogP contribution in [-0.2, 0) is 6.42 Å². The number of hydrogen-bond donors (Lipinski definition) is 3. The molecule has 8 heteroatoms. The summed E-state index contributed by atoms with van der Waals surface area (Å²) >= 11 is 0. The van der Waals surface area contributed by atoms with Gasteiger partial charge in [-0.05, 0) is 24.6 Å². The molecule has 0 amide bonds. The molecule has 0 atom stereocenters. The number of carboxylic acid groups (broad SMARTS) is 2. The van der Waals surface area contributed by atoms with Crippen LogP contribution in [0.3, 0.4) is 0 Å². The van der Waals surface area contributed by atoms with Gasteiger partial charge < -0.3 is 15.3 Å². The molecule has 2 rings (SSSR count). The van der Waals surface area contributed by atoms with Gasteiger partial charge in [-0.15, -0.1) is 5.10 Å². The van der Waals surface area contributed by atoms with E-state index in [1.165, 1.54) is 22.9 Å². The van der Waals surface area contributed by atoms with Crippen molar-refractivity contribution >= 4 is 11.9 Å². The molecule has 0 aliphatic rings. The van der Waals surface area contributed by atoms with Crippen LogP contribution in [0.4, 0.5) is 0 Å². The van der Waals surface area contributed by atoms with Crippen molar-refractivity contribution in [2.75, 3.05) is 0 Å². The molecule has 3 N–H and O–H groups in total. The zero-order chi connectivity index (χ0) is 14.9. The van der Waals surface area contributed by atoms with Gasteiger partial charge in [0.2, 0.25) is 0 Å². The third-order valence-corrected chi connectivity index (χ3v) is 2.76. The van der Waals surface area contributed by atoms with Crippen LogP contribution < -0.4 is 0 Å². The van der Waals surface area contributed by atoms with E-state index < -0.39 is 11.9 Å². The fourth-order valence-corrected chi connectivity index (χ4v) is 1.82. The summed E-state index contributed by atoms with van der Waals surface area (Å²) in [5.41, 5.74) is 0.186. The zero-order valence-electron chi connectivity index (χ0n) is 10.4. The van der Waals surface area contributed by atoms with Gasteiger partial charge >= 0.3 is 11.9 Å². The molecule has 1 aromatic heterocycles. The van der Waals surface area contributed by atoms with Crippen LogP contribution >= 0.6 is 0 Å². The number of aromatic hydroxyl groups is 1. The Kier molecular flexibility index (Phi) is 3.38. The van der Waals surface area contributed by atoms with E-state index >= 15 is 0 Å². The summed E-state index contributed by atoms with van der Waals surface area (Å²) in [5.74, 6) is -2.87. The van der Waals surface area contributed by atoms with Crippen LogP contribution in [0, 0.1) is 0 Å². The van der Waals surface area contributed by atoms with Crippen molar-refractivity contribution in [3.8, 4) is 11.4 Å². The molecule has 0 unspecified atom stereocenters. The van der Waals surface area contributed by atoms with Crippen LogP contribution in [0.15, 0.2) is 18.2 Å². The Bertz CT molecular complexity index is 692. The lowest BCUT2D eigenvalue weighted by Crippen LogP contribution is -2.07. The minimum atomic E-state index is -1.29. The number of phenols is 1. The fourth-order valence-electron chi connectivity index (χ4n) is 1.82. The molecule has 0 saturated carbocycles. The average Bonchev–Trinajstić information content (AvgIpc) is 2.82. The predicted octanol–water partition coefficient (Wildman–Crippen LogP) is 0.932. The van der Waals surface area contributed by atoms with Crippen molar-refractivity contribution < 1.29 is 24.9 Å². The van der Waals surface area contributed by atoms with Crippen molar-refractivity contribution in [1.29, 1.82) is 0 Å². The number of aromatic nitrogens is 3. The van der Waals surface area contributed by atoms with Crippen molar-refractivity contribution in [1.82, 2.24) is 15.0 Å². The summed E-state index contributed by atoms with van der Waals surface area (Å²) in [6, 6.07) is 3.85. The number of benzene rings is 1. The highest BCUT2D eigenvalue weighted by Gasteiger charge is 2.19. The highest BCUT2D eigenvalue weighted by molar-refractivity contribution is 5.91. The lowest BCUT2D eigenvalue weighted by atomic mass is 10.1. The van der Waals surface area contributed by atoms with E-state index in [4.69, 9.17) is 10.2 Å². The normalized spacial score (nSPS) is 10.4. The van der Waals surface area contributed by atoms with E-state index in [1.807, 2.05) is 0 Å². The standard InChI is InChI=1S/C12H11N3O5/c1-2-8-10(12(19)20)13-14-15(8)6-3-4-9(16)7(5-6)11(17)18/h3-5,16H,2H2,1H3,(H,17,18)(H,19,20). The molecular formula is C12H11N3O5. The summed E-state index contributed by atoms with van der Waals surface area (Å²) in [6.07, 6.45) is 0.359. The third-order valence-electron chi connectivity index (χ3n) is 2.76. The van der Waals surface area contributed by atoms with E-state index in [1.54, 1.807) is 6.92 Å². The van der Waals surface area contributed by atoms with Gasteiger partial charge in [-0.25, -0.2) is 14.3 Å². The Balaban J connectivity index is 2.60. The lowest BCUT2D eigenvalue weighted by Gasteiger charge is -2.07. The quantitative estimate of drug-likeness (QED) is 0.758. The SMILES string of the molecule is CCc1c(C(=O)O)nnn1-c1ccc(O)c(C(=O)O)c1. The van der Waals surface area contributed by atoms with Gasteiger partial charge in [0.15, 0.2) is 5.69 Å². The first kappa shape index (κ1) is 13.5. The van der Waals surface area contributed by atoms with E-state index in [0.717, 1.165) is 0 Å². The van der Waals surface area contributed by atoms with Crippen LogP contribution in [0.25, 0.3) is 5.69 Å². The molecule has 2 aromatic rings. The molecule has 0 bridgehead atoms. The molecule has 20 heavy (non-hydrogen) atoms. The molecule has 0 aliphatic heterocycles. The number of rotatable bonds is 4. The van der Waals surface area contributed by atoms with Gasteiger partial charge in [0.1, 0.15) is 11.3 Å². The first-order valence-corrected chi connectivity index (χ1v) is 5.70. The molecule has 1 aromatic carbocycles. The molecule has 1 heterocycles. The second kappa shape index (κ2) is 5.00. The van der Waals surface area contributed by atoms with Gasteiger partial charge in [0, 0.05) is 0 Å². The van der Waals surface area contributed by atoms with Gasteiger partial charge in [-0.2, -0.15) is 0 Å². The third kappa shape index (κ3) is 2.18. The number of carbonyl (C=O) groups is 2. The van der Waals surface area contributed by atoms with E-state index in [2.05, 4.69) is 10.3 Å². The minimum absolute atomic E-state index is 0.183. The summed E-state index contributed by atoms with van der Waals surface area (Å²) in [5, 5.41) is 34.7. The van der Waals surface area contributed by atoms with Crippen LogP contribution in [-0.4, -0.2) is 42.3 Å². The summed E-state index contributed by atoms with van der Waals surface area (Å²) < 4.78 is 1.25. The van der Waals surface area contributed by atoms with Crippen molar-refractivity contribution in [3.63, 3.8) is 0 Å². The molecule has 0 saturated heterocycles. The molecule has 0 aliphatic carbocycles. The predicted molar refractivity (Wildman–Crippen MR) is 66.3 cm³/mol. The van der Waals surface area contributed by atoms with Gasteiger partial charge in [0.25, 0.3) is 0 Å². The Morgan fingerprint density at radius 1 is 1.25 bits per heavy atom. The second-order valence-electron chi connectivity index (χ2n) is 3.96. The maximum absolute atomic E-state index is 11.0. The monoisotopic (exact) mass is 277 g/mol. The number of carboxylic acids is 2. The van der Waals surface area contributed by atoms with Crippen LogP contribution in [0.1, 0.15) is 33.5 Å². The average molecular weight is 277 g/mol. The van der Waals surface area contributed by atoms with Crippen LogP contribution in [0.5, 0.6) is 5.75 Å². The van der Waals surface area contributed by atoms with Crippen molar-refractivity contribution in [2.24, 2.45) is 0 Å². The largest absolute Gasteiger partial charge is 0.507 e. The molecule has 104 valence electrons. The Morgan fingerprint density at radius 3 is 2.50 bits per heavy atom. The van der Waals surface area contributed by atoms with Crippen molar-refractivity contribution in [2.45, 2.75) is 13.3 Å². The van der Waals surface area contributed by atoms with E-state index in [9.17, 15) is 14.7 Å². The Morgan fingerprint density at radius 2 is 1.95 bits per heavy atom. The number of nitrogens with zero attached hydrogens (tertiary/aromatic N) is 3. The summed E-state index contributed by atoms with van der Waals surface area (Å²) in [4.78, 5) is 22.0.